The van der Waals surface area contributed by atoms with E-state index in [2.05, 4.69) is 17.1 Å². The average molecular weight is 267 g/mol. The Balaban J connectivity index is 1.83. The summed E-state index contributed by atoms with van der Waals surface area (Å²) in [5.74, 6) is 0.744. The summed E-state index contributed by atoms with van der Waals surface area (Å²) in [6, 6.07) is 7.19. The molecule has 4 heteroatoms. The van der Waals surface area contributed by atoms with Gasteiger partial charge in [-0.25, -0.2) is 0 Å². The quantitative estimate of drug-likeness (QED) is 0.912. The Morgan fingerprint density at radius 2 is 2.17 bits per heavy atom. The third-order valence-corrected chi connectivity index (χ3v) is 3.49. The molecule has 18 heavy (non-hydrogen) atoms. The molecule has 1 N–H and O–H groups in total. The Kier molecular flexibility index (Phi) is 4.61. The lowest BCUT2D eigenvalue weighted by atomic mass is 10.0. The van der Waals surface area contributed by atoms with Crippen LogP contribution >= 0.6 is 11.6 Å². The predicted molar refractivity (Wildman–Crippen MR) is 74.9 cm³/mol. The van der Waals surface area contributed by atoms with Crippen molar-refractivity contribution < 1.29 is 4.79 Å². The second-order valence-electron chi connectivity index (χ2n) is 5.04. The molecule has 0 saturated carbocycles. The summed E-state index contributed by atoms with van der Waals surface area (Å²) < 4.78 is 0. The smallest absolute Gasteiger partial charge is 0.238 e. The maximum absolute atomic E-state index is 11.9. The predicted octanol–water partition coefficient (Wildman–Crippen LogP) is 3.01. The number of nitrogens with one attached hydrogen (secondary N) is 1. The Labute approximate surface area is 113 Å². The van der Waals surface area contributed by atoms with Crippen LogP contribution in [-0.2, 0) is 4.79 Å². The largest absolute Gasteiger partial charge is 0.325 e. The number of benzene rings is 1. The molecule has 0 spiro atoms. The van der Waals surface area contributed by atoms with Crippen molar-refractivity contribution in [2.24, 2.45) is 5.92 Å². The first-order valence-electron chi connectivity index (χ1n) is 6.41. The van der Waals surface area contributed by atoms with Gasteiger partial charge < -0.3 is 5.32 Å². The molecule has 1 aromatic carbocycles. The van der Waals surface area contributed by atoms with Crippen molar-refractivity contribution >= 4 is 23.2 Å². The van der Waals surface area contributed by atoms with E-state index in [0.29, 0.717) is 17.5 Å². The highest BCUT2D eigenvalue weighted by Crippen LogP contribution is 2.16. The van der Waals surface area contributed by atoms with E-state index in [1.165, 1.54) is 12.8 Å². The van der Waals surface area contributed by atoms with Crippen molar-refractivity contribution in [2.75, 3.05) is 25.0 Å². The fourth-order valence-corrected chi connectivity index (χ4v) is 2.49. The van der Waals surface area contributed by atoms with E-state index in [-0.39, 0.29) is 5.91 Å². The van der Waals surface area contributed by atoms with Gasteiger partial charge in [0.25, 0.3) is 0 Å². The van der Waals surface area contributed by atoms with E-state index < -0.39 is 0 Å². The standard InChI is InChI=1S/C14H19ClN2O/c1-11-3-2-8-17(9-11)10-14(18)16-13-6-4-12(15)5-7-13/h4-7,11H,2-3,8-10H2,1H3,(H,16,18)/t11-/m0/s1. The van der Waals surface area contributed by atoms with Crippen molar-refractivity contribution in [3.63, 3.8) is 0 Å². The molecular weight excluding hydrogens is 248 g/mol. The zero-order valence-electron chi connectivity index (χ0n) is 10.7. The summed E-state index contributed by atoms with van der Waals surface area (Å²) in [4.78, 5) is 14.1. The minimum Gasteiger partial charge on any atom is -0.325 e. The molecule has 1 amide bonds. The van der Waals surface area contributed by atoms with Crippen LogP contribution in [0.4, 0.5) is 5.69 Å². The first-order chi connectivity index (χ1) is 8.63. The SMILES string of the molecule is C[C@H]1CCCN(CC(=O)Nc2ccc(Cl)cc2)C1. The van der Waals surface area contributed by atoms with Crippen LogP contribution in [0.1, 0.15) is 19.8 Å². The summed E-state index contributed by atoms with van der Waals surface area (Å²) in [7, 11) is 0. The van der Waals surface area contributed by atoms with Gasteiger partial charge in [-0.15, -0.1) is 0 Å². The summed E-state index contributed by atoms with van der Waals surface area (Å²) in [5.41, 5.74) is 0.800. The second-order valence-corrected chi connectivity index (χ2v) is 5.47. The van der Waals surface area contributed by atoms with Crippen LogP contribution in [-0.4, -0.2) is 30.4 Å². The molecule has 1 fully saturated rings. The number of nitrogens with zero attached hydrogens (tertiary/aromatic N) is 1. The van der Waals surface area contributed by atoms with E-state index in [4.69, 9.17) is 11.6 Å². The summed E-state index contributed by atoms with van der Waals surface area (Å²) in [5, 5.41) is 3.57. The molecule has 0 aromatic heterocycles. The number of rotatable bonds is 3. The van der Waals surface area contributed by atoms with Crippen molar-refractivity contribution in [2.45, 2.75) is 19.8 Å². The zero-order chi connectivity index (χ0) is 13.0. The van der Waals surface area contributed by atoms with Gasteiger partial charge in [0.05, 0.1) is 6.54 Å². The van der Waals surface area contributed by atoms with E-state index in [0.717, 1.165) is 18.8 Å². The topological polar surface area (TPSA) is 32.3 Å². The van der Waals surface area contributed by atoms with Crippen LogP contribution in [0, 0.1) is 5.92 Å². The Morgan fingerprint density at radius 3 is 2.83 bits per heavy atom. The van der Waals surface area contributed by atoms with Gasteiger partial charge in [-0.3, -0.25) is 9.69 Å². The Bertz CT molecular complexity index is 405. The van der Waals surface area contributed by atoms with Gasteiger partial charge in [0.2, 0.25) is 5.91 Å². The van der Waals surface area contributed by atoms with Crippen molar-refractivity contribution in [1.29, 1.82) is 0 Å². The molecule has 1 atom stereocenters. The number of piperidine rings is 1. The molecule has 0 aliphatic carbocycles. The second kappa shape index (κ2) is 6.21. The van der Waals surface area contributed by atoms with E-state index in [1.54, 1.807) is 12.1 Å². The molecule has 1 heterocycles. The maximum Gasteiger partial charge on any atom is 0.238 e. The van der Waals surface area contributed by atoms with E-state index >= 15 is 0 Å². The van der Waals surface area contributed by atoms with Gasteiger partial charge in [-0.1, -0.05) is 18.5 Å². The first kappa shape index (κ1) is 13.4. The van der Waals surface area contributed by atoms with Crippen LogP contribution in [0.5, 0.6) is 0 Å². The van der Waals surface area contributed by atoms with Gasteiger partial charge in [-0.05, 0) is 49.6 Å². The van der Waals surface area contributed by atoms with Crippen LogP contribution in [0.25, 0.3) is 0 Å². The van der Waals surface area contributed by atoms with Gasteiger partial charge in [0, 0.05) is 17.3 Å². The van der Waals surface area contributed by atoms with Gasteiger partial charge in [-0.2, -0.15) is 0 Å². The number of amides is 1. The fourth-order valence-electron chi connectivity index (χ4n) is 2.37. The van der Waals surface area contributed by atoms with Crippen molar-refractivity contribution in [3.8, 4) is 0 Å². The normalized spacial score (nSPS) is 20.7. The lowest BCUT2D eigenvalue weighted by Gasteiger charge is -2.30. The lowest BCUT2D eigenvalue weighted by Crippen LogP contribution is -2.39. The minimum absolute atomic E-state index is 0.0476. The number of likely N-dealkylation sites (tertiary alicyclic amines) is 1. The summed E-state index contributed by atoms with van der Waals surface area (Å²) in [6.45, 7) is 4.77. The molecular formula is C14H19ClN2O. The molecule has 1 aliphatic rings. The lowest BCUT2D eigenvalue weighted by molar-refractivity contribution is -0.117. The van der Waals surface area contributed by atoms with E-state index in [1.807, 2.05) is 12.1 Å². The number of hydrogen-bond acceptors (Lipinski definition) is 2. The Hall–Kier alpha value is -1.06. The van der Waals surface area contributed by atoms with Crippen LogP contribution in [0.15, 0.2) is 24.3 Å². The summed E-state index contributed by atoms with van der Waals surface area (Å²) >= 11 is 5.80. The number of hydrogen-bond donors (Lipinski definition) is 1. The number of anilines is 1. The third kappa shape index (κ3) is 4.00. The van der Waals surface area contributed by atoms with Gasteiger partial charge in [0.15, 0.2) is 0 Å². The highest BCUT2D eigenvalue weighted by atomic mass is 35.5. The Morgan fingerprint density at radius 1 is 1.44 bits per heavy atom. The van der Waals surface area contributed by atoms with Crippen molar-refractivity contribution in [3.05, 3.63) is 29.3 Å². The molecule has 1 aliphatic heterocycles. The van der Waals surface area contributed by atoms with E-state index in [9.17, 15) is 4.79 Å². The number of halogens is 1. The highest BCUT2D eigenvalue weighted by molar-refractivity contribution is 6.30. The zero-order valence-corrected chi connectivity index (χ0v) is 11.4. The molecule has 2 rings (SSSR count). The fraction of sp³-hybridized carbons (Fsp3) is 0.500. The van der Waals surface area contributed by atoms with Gasteiger partial charge in [0.1, 0.15) is 0 Å². The monoisotopic (exact) mass is 266 g/mol. The van der Waals surface area contributed by atoms with Crippen molar-refractivity contribution in [1.82, 2.24) is 4.90 Å². The third-order valence-electron chi connectivity index (χ3n) is 3.24. The molecule has 0 radical (unpaired) electrons. The first-order valence-corrected chi connectivity index (χ1v) is 6.79. The summed E-state index contributed by atoms with van der Waals surface area (Å²) in [6.07, 6.45) is 2.46. The average Bonchev–Trinajstić information content (AvgIpc) is 2.32. The molecule has 0 bridgehead atoms. The van der Waals surface area contributed by atoms with Crippen LogP contribution in [0.2, 0.25) is 5.02 Å². The molecule has 98 valence electrons. The molecule has 0 unspecified atom stereocenters. The molecule has 3 nitrogen and oxygen atoms in total. The maximum atomic E-state index is 11.9. The molecule has 1 saturated heterocycles. The van der Waals surface area contributed by atoms with Crippen LogP contribution < -0.4 is 5.32 Å². The van der Waals surface area contributed by atoms with Crippen LogP contribution in [0.3, 0.4) is 0 Å². The number of carbonyl (C=O) groups excluding carboxylic acids is 1. The molecule has 1 aromatic rings. The highest BCUT2D eigenvalue weighted by Gasteiger charge is 2.18. The van der Waals surface area contributed by atoms with Gasteiger partial charge >= 0.3 is 0 Å². The number of carbonyl (C=O) groups is 1. The minimum atomic E-state index is 0.0476.